The molecule has 1 N–H and O–H groups in total. The van der Waals surface area contributed by atoms with E-state index in [1.165, 1.54) is 10.9 Å². The first-order chi connectivity index (χ1) is 10.0. The molecule has 2 heterocycles. The fraction of sp³-hybridized carbons (Fsp3) is 0.214. The smallest absolute Gasteiger partial charge is 0.277 e. The summed E-state index contributed by atoms with van der Waals surface area (Å²) in [6, 6.07) is 3.67. The number of hydrogen-bond donors (Lipinski definition) is 1. The van der Waals surface area contributed by atoms with Gasteiger partial charge in [-0.2, -0.15) is 0 Å². The van der Waals surface area contributed by atoms with E-state index in [-0.39, 0.29) is 16.9 Å². The number of nitrogens with zero attached hydrogens (tertiary/aromatic N) is 2. The molecule has 5 nitrogen and oxygen atoms in total. The van der Waals surface area contributed by atoms with Gasteiger partial charge >= 0.3 is 0 Å². The van der Waals surface area contributed by atoms with Crippen LogP contribution in [0.5, 0.6) is 0 Å². The summed E-state index contributed by atoms with van der Waals surface area (Å²) in [7, 11) is 1.58. The third-order valence-electron chi connectivity index (χ3n) is 3.40. The zero-order chi connectivity index (χ0) is 15.1. The van der Waals surface area contributed by atoms with Crippen LogP contribution in [0.4, 0.5) is 0 Å². The number of H-pyrrole nitrogens is 1. The standard InChI is InChI=1S/C14H13N3O2S2/c1-7-8(12(18)9-6-15-17(2)13(9)19)4-5-10-11(7)16-14(20-3)21-10/h4-6,15H,1-3H3. The summed E-state index contributed by atoms with van der Waals surface area (Å²) in [5, 5.41) is 2.72. The average molecular weight is 319 g/mol. The SMILES string of the molecule is CSc1nc2c(C)c(C(=O)c3c[nH]n(C)c3=O)ccc2s1. The zero-order valence-corrected chi connectivity index (χ0v) is 13.4. The maximum Gasteiger partial charge on any atom is 0.277 e. The van der Waals surface area contributed by atoms with Crippen LogP contribution in [-0.2, 0) is 7.05 Å². The van der Waals surface area contributed by atoms with Crippen LogP contribution in [0.2, 0.25) is 0 Å². The molecule has 0 bridgehead atoms. The van der Waals surface area contributed by atoms with Crippen molar-refractivity contribution < 1.29 is 4.79 Å². The highest BCUT2D eigenvalue weighted by Crippen LogP contribution is 2.31. The molecule has 0 amide bonds. The predicted octanol–water partition coefficient (Wildman–Crippen LogP) is 2.58. The lowest BCUT2D eigenvalue weighted by molar-refractivity contribution is 0.103. The van der Waals surface area contributed by atoms with E-state index in [4.69, 9.17) is 0 Å². The van der Waals surface area contributed by atoms with Crippen molar-refractivity contribution in [2.45, 2.75) is 11.3 Å². The van der Waals surface area contributed by atoms with Gasteiger partial charge in [-0.1, -0.05) is 11.8 Å². The Morgan fingerprint density at radius 3 is 2.76 bits per heavy atom. The summed E-state index contributed by atoms with van der Waals surface area (Å²) in [5.41, 5.74) is 2.01. The Kier molecular flexibility index (Phi) is 3.46. The van der Waals surface area contributed by atoms with E-state index in [2.05, 4.69) is 10.1 Å². The highest BCUT2D eigenvalue weighted by Gasteiger charge is 2.19. The van der Waals surface area contributed by atoms with Crippen LogP contribution in [0.15, 0.2) is 27.5 Å². The molecule has 0 aliphatic heterocycles. The number of fused-ring (bicyclic) bond motifs is 1. The maximum absolute atomic E-state index is 12.6. The summed E-state index contributed by atoms with van der Waals surface area (Å²) in [6.45, 7) is 1.87. The summed E-state index contributed by atoms with van der Waals surface area (Å²) >= 11 is 3.19. The van der Waals surface area contributed by atoms with Gasteiger partial charge in [0.15, 0.2) is 4.34 Å². The van der Waals surface area contributed by atoms with Gasteiger partial charge in [0.25, 0.3) is 5.56 Å². The van der Waals surface area contributed by atoms with Crippen molar-refractivity contribution in [3.8, 4) is 0 Å². The van der Waals surface area contributed by atoms with Gasteiger partial charge in [-0.15, -0.1) is 11.3 Å². The number of ketones is 1. The highest BCUT2D eigenvalue weighted by molar-refractivity contribution is 8.00. The average Bonchev–Trinajstić information content (AvgIpc) is 3.04. The lowest BCUT2D eigenvalue weighted by atomic mass is 10.0. The molecule has 0 atom stereocenters. The van der Waals surface area contributed by atoms with Gasteiger partial charge in [-0.3, -0.25) is 14.3 Å². The Hall–Kier alpha value is -1.86. The van der Waals surface area contributed by atoms with Crippen molar-refractivity contribution >= 4 is 39.1 Å². The Morgan fingerprint density at radius 1 is 1.38 bits per heavy atom. The number of thioether (sulfide) groups is 1. The molecule has 1 aromatic carbocycles. The van der Waals surface area contributed by atoms with Crippen LogP contribution in [0.3, 0.4) is 0 Å². The number of carbonyl (C=O) groups excluding carboxylic acids is 1. The second-order valence-electron chi connectivity index (χ2n) is 4.65. The van der Waals surface area contributed by atoms with Crippen LogP contribution >= 0.6 is 23.1 Å². The Bertz CT molecular complexity index is 905. The lowest BCUT2D eigenvalue weighted by Gasteiger charge is -2.03. The fourth-order valence-electron chi connectivity index (χ4n) is 2.21. The van der Waals surface area contributed by atoms with Crippen LogP contribution in [0, 0.1) is 6.92 Å². The highest BCUT2D eigenvalue weighted by atomic mass is 32.2. The van der Waals surface area contributed by atoms with Gasteiger partial charge in [-0.25, -0.2) is 4.98 Å². The number of aryl methyl sites for hydroxylation is 2. The van der Waals surface area contributed by atoms with Crippen molar-refractivity contribution in [2.24, 2.45) is 7.05 Å². The molecule has 0 radical (unpaired) electrons. The van der Waals surface area contributed by atoms with Crippen LogP contribution in [0.25, 0.3) is 10.2 Å². The fourth-order valence-corrected chi connectivity index (χ4v) is 3.75. The normalized spacial score (nSPS) is 11.2. The van der Waals surface area contributed by atoms with E-state index in [1.54, 1.807) is 36.2 Å². The van der Waals surface area contributed by atoms with Gasteiger partial charge in [0.2, 0.25) is 5.78 Å². The first-order valence-electron chi connectivity index (χ1n) is 6.26. The molecule has 108 valence electrons. The molecule has 0 spiro atoms. The molecular formula is C14H13N3O2S2. The summed E-state index contributed by atoms with van der Waals surface area (Å²) in [5.74, 6) is -0.269. The minimum Gasteiger partial charge on any atom is -0.302 e. The molecule has 3 aromatic rings. The first kappa shape index (κ1) is 14.1. The molecule has 2 aromatic heterocycles. The maximum atomic E-state index is 12.6. The first-order valence-corrected chi connectivity index (χ1v) is 8.30. The van der Waals surface area contributed by atoms with E-state index in [9.17, 15) is 9.59 Å². The summed E-state index contributed by atoms with van der Waals surface area (Å²) < 4.78 is 3.31. The van der Waals surface area contributed by atoms with E-state index < -0.39 is 0 Å². The second kappa shape index (κ2) is 5.16. The molecule has 21 heavy (non-hydrogen) atoms. The van der Waals surface area contributed by atoms with E-state index in [0.29, 0.717) is 5.56 Å². The third kappa shape index (κ3) is 2.22. The van der Waals surface area contributed by atoms with Crippen LogP contribution in [0.1, 0.15) is 21.5 Å². The molecule has 3 rings (SSSR count). The number of rotatable bonds is 3. The number of benzene rings is 1. The monoisotopic (exact) mass is 319 g/mol. The Labute approximate surface area is 129 Å². The topological polar surface area (TPSA) is 67.8 Å². The number of thiazole rings is 1. The summed E-state index contributed by atoms with van der Waals surface area (Å²) in [4.78, 5) is 29.0. The Morgan fingerprint density at radius 2 is 2.14 bits per heavy atom. The van der Waals surface area contributed by atoms with Crippen LogP contribution < -0.4 is 5.56 Å². The van der Waals surface area contributed by atoms with Crippen molar-refractivity contribution in [3.05, 3.63) is 45.4 Å². The molecule has 0 fully saturated rings. The number of aromatic nitrogens is 3. The minimum absolute atomic E-state index is 0.153. The van der Waals surface area contributed by atoms with Crippen molar-refractivity contribution in [1.82, 2.24) is 14.8 Å². The number of hydrogen-bond acceptors (Lipinski definition) is 5. The van der Waals surface area contributed by atoms with E-state index in [1.807, 2.05) is 19.2 Å². The van der Waals surface area contributed by atoms with Gasteiger partial charge in [0.1, 0.15) is 5.56 Å². The molecule has 0 unspecified atom stereocenters. The second-order valence-corrected chi connectivity index (χ2v) is 6.73. The van der Waals surface area contributed by atoms with Crippen molar-refractivity contribution in [1.29, 1.82) is 0 Å². The van der Waals surface area contributed by atoms with Crippen LogP contribution in [-0.4, -0.2) is 26.8 Å². The third-order valence-corrected chi connectivity index (χ3v) is 5.40. The molecule has 0 aliphatic rings. The largest absolute Gasteiger partial charge is 0.302 e. The van der Waals surface area contributed by atoms with Crippen molar-refractivity contribution in [2.75, 3.05) is 6.26 Å². The van der Waals surface area contributed by atoms with Crippen molar-refractivity contribution in [3.63, 3.8) is 0 Å². The molecule has 0 aliphatic carbocycles. The van der Waals surface area contributed by atoms with Gasteiger partial charge in [0.05, 0.1) is 10.2 Å². The Balaban J connectivity index is 2.16. The molecular weight excluding hydrogens is 306 g/mol. The number of carbonyl (C=O) groups is 1. The number of nitrogens with one attached hydrogen (secondary N) is 1. The minimum atomic E-state index is -0.317. The molecule has 7 heteroatoms. The predicted molar refractivity (Wildman–Crippen MR) is 85.6 cm³/mol. The molecule has 0 saturated heterocycles. The zero-order valence-electron chi connectivity index (χ0n) is 11.8. The van der Waals surface area contributed by atoms with Gasteiger partial charge in [-0.05, 0) is 30.9 Å². The number of aromatic amines is 1. The van der Waals surface area contributed by atoms with Gasteiger partial charge < -0.3 is 5.10 Å². The summed E-state index contributed by atoms with van der Waals surface area (Å²) in [6.07, 6.45) is 3.42. The van der Waals surface area contributed by atoms with Gasteiger partial charge in [0, 0.05) is 18.8 Å². The lowest BCUT2D eigenvalue weighted by Crippen LogP contribution is -2.19. The molecule has 0 saturated carbocycles. The van der Waals surface area contributed by atoms with E-state index >= 15 is 0 Å². The van der Waals surface area contributed by atoms with E-state index in [0.717, 1.165) is 20.1 Å². The quantitative estimate of drug-likeness (QED) is 0.595.